The first kappa shape index (κ1) is 21.4. The fourth-order valence-corrected chi connectivity index (χ4v) is 3.59. The molecule has 0 saturated carbocycles. The van der Waals surface area contributed by atoms with Gasteiger partial charge in [-0.05, 0) is 49.7 Å². The van der Waals surface area contributed by atoms with Crippen LogP contribution in [0.3, 0.4) is 0 Å². The Morgan fingerprint density at radius 1 is 1.09 bits per heavy atom. The van der Waals surface area contributed by atoms with Crippen molar-refractivity contribution in [2.45, 2.75) is 32.9 Å². The van der Waals surface area contributed by atoms with Crippen LogP contribution in [-0.2, 0) is 11.3 Å². The number of rotatable bonds is 8. The maximum absolute atomic E-state index is 12.9. The average Bonchev–Trinajstić information content (AvgIpc) is 3.25. The van der Waals surface area contributed by atoms with Crippen molar-refractivity contribution in [2.75, 3.05) is 6.61 Å². The van der Waals surface area contributed by atoms with Crippen LogP contribution in [0.15, 0.2) is 77.9 Å². The van der Waals surface area contributed by atoms with Crippen molar-refractivity contribution in [3.05, 3.63) is 89.0 Å². The highest BCUT2D eigenvalue weighted by Gasteiger charge is 2.12. The topological polar surface area (TPSA) is 77.6 Å². The number of aryl methyl sites for hydroxylation is 1. The summed E-state index contributed by atoms with van der Waals surface area (Å²) >= 11 is 0. The Labute approximate surface area is 186 Å². The number of carbonyl (C=O) groups excluding carboxylic acids is 1. The van der Waals surface area contributed by atoms with Gasteiger partial charge in [0.1, 0.15) is 11.3 Å². The molecule has 164 valence electrons. The van der Waals surface area contributed by atoms with Gasteiger partial charge in [0.15, 0.2) is 0 Å². The maximum atomic E-state index is 12.9. The Balaban J connectivity index is 1.45. The zero-order valence-corrected chi connectivity index (χ0v) is 18.2. The van der Waals surface area contributed by atoms with E-state index in [0.717, 1.165) is 16.9 Å². The lowest BCUT2D eigenvalue weighted by Crippen LogP contribution is -2.29. The second-order valence-electron chi connectivity index (χ2n) is 7.56. The first-order valence-electron chi connectivity index (χ1n) is 10.7. The summed E-state index contributed by atoms with van der Waals surface area (Å²) in [5.74, 6) is 0.693. The molecule has 2 aromatic heterocycles. The summed E-state index contributed by atoms with van der Waals surface area (Å²) in [6, 6.07) is 19.1. The first-order valence-corrected chi connectivity index (χ1v) is 10.7. The third-order valence-corrected chi connectivity index (χ3v) is 5.32. The third-order valence-electron chi connectivity index (χ3n) is 5.32. The molecule has 0 fully saturated rings. The minimum absolute atomic E-state index is 0.0885. The summed E-state index contributed by atoms with van der Waals surface area (Å²) in [6.45, 7) is 4.79. The lowest BCUT2D eigenvalue weighted by molar-refractivity contribution is -0.121. The molecule has 2 aromatic carbocycles. The highest BCUT2D eigenvalue weighted by atomic mass is 16.5. The predicted octanol–water partition coefficient (Wildman–Crippen LogP) is 3.83. The van der Waals surface area contributed by atoms with Crippen molar-refractivity contribution in [2.24, 2.45) is 0 Å². The van der Waals surface area contributed by atoms with E-state index in [-0.39, 0.29) is 23.9 Å². The molecular formula is C25H26N4O3. The maximum Gasteiger partial charge on any atom is 0.276 e. The van der Waals surface area contributed by atoms with Crippen molar-refractivity contribution in [3.8, 4) is 17.0 Å². The van der Waals surface area contributed by atoms with Gasteiger partial charge in [0, 0.05) is 30.9 Å². The van der Waals surface area contributed by atoms with Crippen LogP contribution in [0.1, 0.15) is 31.9 Å². The van der Waals surface area contributed by atoms with Gasteiger partial charge >= 0.3 is 0 Å². The second-order valence-corrected chi connectivity index (χ2v) is 7.56. The van der Waals surface area contributed by atoms with E-state index in [1.165, 1.54) is 0 Å². The van der Waals surface area contributed by atoms with Crippen LogP contribution in [0.25, 0.3) is 16.8 Å². The first-order chi connectivity index (χ1) is 15.5. The Bertz CT molecular complexity index is 1260. The largest absolute Gasteiger partial charge is 0.494 e. The Hall–Kier alpha value is -3.87. The molecule has 0 aliphatic heterocycles. The molecule has 1 atom stereocenters. The van der Waals surface area contributed by atoms with Crippen LogP contribution in [-0.4, -0.2) is 26.7 Å². The van der Waals surface area contributed by atoms with Crippen molar-refractivity contribution < 1.29 is 9.53 Å². The number of carbonyl (C=O) groups is 1. The zero-order chi connectivity index (χ0) is 22.5. The van der Waals surface area contributed by atoms with Gasteiger partial charge in [-0.15, -0.1) is 0 Å². The molecule has 2 heterocycles. The standard InChI is InChI=1S/C25H26N4O3/c1-3-32-21-11-9-20(10-12-21)22-17-23-25(31)28(15-16-29(23)27-22)14-13-24(30)26-18(2)19-7-5-4-6-8-19/h4-12,15-18H,3,13-14H2,1-2H3,(H,26,30). The van der Waals surface area contributed by atoms with E-state index in [0.29, 0.717) is 24.4 Å². The molecule has 1 amide bonds. The molecule has 4 aromatic rings. The molecule has 0 aliphatic rings. The number of fused-ring (bicyclic) bond motifs is 1. The van der Waals surface area contributed by atoms with Crippen molar-refractivity contribution in [1.29, 1.82) is 0 Å². The predicted molar refractivity (Wildman–Crippen MR) is 124 cm³/mol. The van der Waals surface area contributed by atoms with E-state index in [1.54, 1.807) is 27.5 Å². The fraction of sp³-hybridized carbons (Fsp3) is 0.240. The van der Waals surface area contributed by atoms with Crippen molar-refractivity contribution in [1.82, 2.24) is 19.5 Å². The molecule has 0 saturated heterocycles. The Kier molecular flexibility index (Phi) is 6.35. The summed E-state index contributed by atoms with van der Waals surface area (Å²) in [6.07, 6.45) is 3.62. The number of hydrogen-bond donors (Lipinski definition) is 1. The van der Waals surface area contributed by atoms with Crippen LogP contribution >= 0.6 is 0 Å². The van der Waals surface area contributed by atoms with Crippen molar-refractivity contribution in [3.63, 3.8) is 0 Å². The van der Waals surface area contributed by atoms with Gasteiger partial charge in [-0.25, -0.2) is 4.52 Å². The molecule has 7 heteroatoms. The smallest absolute Gasteiger partial charge is 0.276 e. The van der Waals surface area contributed by atoms with E-state index in [2.05, 4.69) is 10.4 Å². The summed E-state index contributed by atoms with van der Waals surface area (Å²) in [7, 11) is 0. The lowest BCUT2D eigenvalue weighted by atomic mass is 10.1. The normalized spacial score (nSPS) is 11.9. The van der Waals surface area contributed by atoms with Crippen molar-refractivity contribution >= 4 is 11.4 Å². The summed E-state index contributed by atoms with van der Waals surface area (Å²) in [5.41, 5.74) is 2.94. The van der Waals surface area contributed by atoms with Gasteiger partial charge < -0.3 is 14.6 Å². The molecular weight excluding hydrogens is 404 g/mol. The number of nitrogens with one attached hydrogen (secondary N) is 1. The molecule has 1 N–H and O–H groups in total. The number of benzene rings is 2. The molecule has 7 nitrogen and oxygen atoms in total. The summed E-state index contributed by atoms with van der Waals surface area (Å²) in [4.78, 5) is 25.3. The summed E-state index contributed by atoms with van der Waals surface area (Å²) in [5, 5.41) is 7.49. The SMILES string of the molecule is CCOc1ccc(-c2cc3c(=O)n(CCC(=O)NC(C)c4ccccc4)ccn3n2)cc1. The number of amides is 1. The molecule has 32 heavy (non-hydrogen) atoms. The van der Waals surface area contributed by atoms with Gasteiger partial charge in [-0.3, -0.25) is 9.59 Å². The average molecular weight is 431 g/mol. The Morgan fingerprint density at radius 3 is 2.56 bits per heavy atom. The molecule has 0 aliphatic carbocycles. The minimum atomic E-state index is -0.180. The fourth-order valence-electron chi connectivity index (χ4n) is 3.59. The zero-order valence-electron chi connectivity index (χ0n) is 18.2. The minimum Gasteiger partial charge on any atom is -0.494 e. The molecule has 1 unspecified atom stereocenters. The van der Waals surface area contributed by atoms with Crippen LogP contribution < -0.4 is 15.6 Å². The van der Waals surface area contributed by atoms with Crippen LogP contribution in [0.2, 0.25) is 0 Å². The number of aromatic nitrogens is 3. The van der Waals surface area contributed by atoms with Crippen LogP contribution in [0.4, 0.5) is 0 Å². The Morgan fingerprint density at radius 2 is 1.84 bits per heavy atom. The van der Waals surface area contributed by atoms with Gasteiger partial charge in [0.05, 0.1) is 18.3 Å². The van der Waals surface area contributed by atoms with E-state index >= 15 is 0 Å². The quantitative estimate of drug-likeness (QED) is 0.461. The van der Waals surface area contributed by atoms with Gasteiger partial charge in [0.25, 0.3) is 5.56 Å². The highest BCUT2D eigenvalue weighted by Crippen LogP contribution is 2.22. The van der Waals surface area contributed by atoms with E-state index in [4.69, 9.17) is 4.74 Å². The molecule has 0 radical (unpaired) electrons. The number of ether oxygens (including phenoxy) is 1. The monoisotopic (exact) mass is 430 g/mol. The lowest BCUT2D eigenvalue weighted by Gasteiger charge is -2.14. The third kappa shape index (κ3) is 4.72. The summed E-state index contributed by atoms with van der Waals surface area (Å²) < 4.78 is 8.59. The number of nitrogens with zero attached hydrogens (tertiary/aromatic N) is 3. The van der Waals surface area contributed by atoms with Gasteiger partial charge in [-0.1, -0.05) is 30.3 Å². The van der Waals surface area contributed by atoms with Crippen LogP contribution in [0.5, 0.6) is 5.75 Å². The van der Waals surface area contributed by atoms with E-state index < -0.39 is 0 Å². The number of hydrogen-bond acceptors (Lipinski definition) is 4. The van der Waals surface area contributed by atoms with E-state index in [1.807, 2.05) is 68.4 Å². The van der Waals surface area contributed by atoms with Gasteiger partial charge in [0.2, 0.25) is 5.91 Å². The molecule has 4 rings (SSSR count). The second kappa shape index (κ2) is 9.51. The van der Waals surface area contributed by atoms with Gasteiger partial charge in [-0.2, -0.15) is 5.10 Å². The highest BCUT2D eigenvalue weighted by molar-refractivity contribution is 5.76. The van der Waals surface area contributed by atoms with E-state index in [9.17, 15) is 9.59 Å². The van der Waals surface area contributed by atoms with Crippen LogP contribution in [0, 0.1) is 0 Å². The molecule has 0 spiro atoms. The molecule has 0 bridgehead atoms.